The lowest BCUT2D eigenvalue weighted by molar-refractivity contribution is -0.151. The smallest absolute Gasteiger partial charge is 0.310 e. The van der Waals surface area contributed by atoms with Crippen LogP contribution in [0.4, 0.5) is 0 Å². The summed E-state index contributed by atoms with van der Waals surface area (Å²) in [5.74, 6) is -0.209. The van der Waals surface area contributed by atoms with Crippen molar-refractivity contribution in [3.63, 3.8) is 0 Å². The molecule has 1 atom stereocenters. The quantitative estimate of drug-likeness (QED) is 0.711. The third-order valence-corrected chi connectivity index (χ3v) is 6.52. The third-order valence-electron chi connectivity index (χ3n) is 4.64. The van der Waals surface area contributed by atoms with Crippen LogP contribution >= 0.6 is 0 Å². The maximum absolute atomic E-state index is 12.9. The number of sulfonamides is 1. The van der Waals surface area contributed by atoms with Crippen molar-refractivity contribution in [2.75, 3.05) is 20.2 Å². The van der Waals surface area contributed by atoms with E-state index in [2.05, 4.69) is 0 Å². The summed E-state index contributed by atoms with van der Waals surface area (Å²) in [7, 11) is -2.12. The van der Waals surface area contributed by atoms with Gasteiger partial charge in [-0.25, -0.2) is 8.42 Å². The zero-order chi connectivity index (χ0) is 19.3. The topological polar surface area (TPSA) is 72.9 Å². The van der Waals surface area contributed by atoms with Gasteiger partial charge in [0.05, 0.1) is 17.9 Å². The summed E-state index contributed by atoms with van der Waals surface area (Å²) in [6.45, 7) is 0.736. The molecule has 0 N–H and O–H groups in total. The van der Waals surface area contributed by atoms with Crippen LogP contribution in [0.2, 0.25) is 0 Å². The minimum Gasteiger partial charge on any atom is -0.497 e. The van der Waals surface area contributed by atoms with Crippen molar-refractivity contribution in [1.82, 2.24) is 4.31 Å². The van der Waals surface area contributed by atoms with Crippen molar-refractivity contribution in [2.45, 2.75) is 24.3 Å². The molecular weight excluding hydrogens is 366 g/mol. The molecule has 0 amide bonds. The van der Waals surface area contributed by atoms with Crippen LogP contribution in [-0.2, 0) is 26.2 Å². The van der Waals surface area contributed by atoms with Gasteiger partial charge in [0.15, 0.2) is 0 Å². The number of carbonyl (C=O) groups excluding carboxylic acids is 1. The summed E-state index contributed by atoms with van der Waals surface area (Å²) in [5.41, 5.74) is 0.907. The number of ether oxygens (including phenoxy) is 2. The van der Waals surface area contributed by atoms with E-state index >= 15 is 0 Å². The fraction of sp³-hybridized carbons (Fsp3) is 0.350. The molecule has 1 aliphatic heterocycles. The van der Waals surface area contributed by atoms with Crippen molar-refractivity contribution < 1.29 is 22.7 Å². The number of benzene rings is 2. The third kappa shape index (κ3) is 4.67. The lowest BCUT2D eigenvalue weighted by Crippen LogP contribution is -2.42. The second-order valence-electron chi connectivity index (χ2n) is 6.47. The lowest BCUT2D eigenvalue weighted by atomic mass is 10.00. The molecular formula is C20H23NO5S. The van der Waals surface area contributed by atoms with Gasteiger partial charge >= 0.3 is 5.97 Å². The van der Waals surface area contributed by atoms with E-state index in [1.54, 1.807) is 12.1 Å². The molecule has 0 bridgehead atoms. The van der Waals surface area contributed by atoms with Gasteiger partial charge in [-0.1, -0.05) is 30.3 Å². The van der Waals surface area contributed by atoms with E-state index in [0.29, 0.717) is 25.1 Å². The van der Waals surface area contributed by atoms with E-state index in [-0.39, 0.29) is 24.0 Å². The van der Waals surface area contributed by atoms with Gasteiger partial charge in [0.2, 0.25) is 10.0 Å². The van der Waals surface area contributed by atoms with Gasteiger partial charge < -0.3 is 9.47 Å². The number of esters is 1. The fourth-order valence-corrected chi connectivity index (χ4v) is 4.62. The molecule has 2 aromatic carbocycles. The first-order valence-electron chi connectivity index (χ1n) is 8.85. The number of hydrogen-bond acceptors (Lipinski definition) is 5. The summed E-state index contributed by atoms with van der Waals surface area (Å²) in [4.78, 5) is 12.6. The van der Waals surface area contributed by atoms with Crippen LogP contribution in [0.1, 0.15) is 18.4 Å². The van der Waals surface area contributed by atoms with E-state index in [1.165, 1.54) is 23.5 Å². The SMILES string of the molecule is COc1ccc(S(=O)(=O)N2CCCC(C(=O)OCc3ccccc3)C2)cc1. The normalized spacial score (nSPS) is 18.0. The Kier molecular flexibility index (Phi) is 6.13. The van der Waals surface area contributed by atoms with Gasteiger partial charge in [0.1, 0.15) is 12.4 Å². The highest BCUT2D eigenvalue weighted by atomic mass is 32.2. The van der Waals surface area contributed by atoms with Gasteiger partial charge in [0.25, 0.3) is 0 Å². The van der Waals surface area contributed by atoms with Crippen LogP contribution in [0, 0.1) is 5.92 Å². The van der Waals surface area contributed by atoms with Gasteiger partial charge in [0, 0.05) is 13.1 Å². The lowest BCUT2D eigenvalue weighted by Gasteiger charge is -2.30. The zero-order valence-corrected chi connectivity index (χ0v) is 16.0. The van der Waals surface area contributed by atoms with Crippen molar-refractivity contribution in [3.05, 3.63) is 60.2 Å². The van der Waals surface area contributed by atoms with Crippen molar-refractivity contribution >= 4 is 16.0 Å². The van der Waals surface area contributed by atoms with E-state index in [1.807, 2.05) is 30.3 Å². The first kappa shape index (κ1) is 19.4. The minimum atomic E-state index is -3.65. The van der Waals surface area contributed by atoms with E-state index < -0.39 is 15.9 Å². The molecule has 0 aromatic heterocycles. The standard InChI is InChI=1S/C20H23NO5S/c1-25-18-9-11-19(12-10-18)27(23,24)21-13-5-8-17(14-21)20(22)26-15-16-6-3-2-4-7-16/h2-4,6-7,9-12,17H,5,8,13-15H2,1H3. The largest absolute Gasteiger partial charge is 0.497 e. The number of rotatable bonds is 6. The van der Waals surface area contributed by atoms with Gasteiger partial charge in [-0.2, -0.15) is 4.31 Å². The molecule has 0 spiro atoms. The Hall–Kier alpha value is -2.38. The minimum absolute atomic E-state index is 0.141. The first-order chi connectivity index (χ1) is 13.0. The Bertz CT molecular complexity index is 865. The van der Waals surface area contributed by atoms with E-state index in [0.717, 1.165) is 5.56 Å². The molecule has 27 heavy (non-hydrogen) atoms. The molecule has 0 saturated carbocycles. The first-order valence-corrected chi connectivity index (χ1v) is 10.3. The molecule has 2 aromatic rings. The Morgan fingerprint density at radius 3 is 2.48 bits per heavy atom. The maximum Gasteiger partial charge on any atom is 0.310 e. The Morgan fingerprint density at radius 1 is 1.11 bits per heavy atom. The molecule has 6 nitrogen and oxygen atoms in total. The highest BCUT2D eigenvalue weighted by Crippen LogP contribution is 2.26. The Morgan fingerprint density at radius 2 is 1.81 bits per heavy atom. The molecule has 1 saturated heterocycles. The van der Waals surface area contributed by atoms with Crippen molar-refractivity contribution in [2.24, 2.45) is 5.92 Å². The molecule has 0 aliphatic carbocycles. The molecule has 1 unspecified atom stereocenters. The number of carbonyl (C=O) groups is 1. The Labute approximate surface area is 159 Å². The summed E-state index contributed by atoms with van der Waals surface area (Å²) < 4.78 is 37.6. The highest BCUT2D eigenvalue weighted by molar-refractivity contribution is 7.89. The van der Waals surface area contributed by atoms with Gasteiger partial charge in [-0.3, -0.25) is 4.79 Å². The van der Waals surface area contributed by atoms with Crippen LogP contribution in [0.5, 0.6) is 5.75 Å². The van der Waals surface area contributed by atoms with E-state index in [4.69, 9.17) is 9.47 Å². The molecule has 1 aliphatic rings. The molecule has 7 heteroatoms. The zero-order valence-electron chi connectivity index (χ0n) is 15.2. The number of methoxy groups -OCH3 is 1. The molecule has 3 rings (SSSR count). The Balaban J connectivity index is 1.64. The monoisotopic (exact) mass is 389 g/mol. The molecule has 0 radical (unpaired) electrons. The summed E-state index contributed by atoms with van der Waals surface area (Å²) >= 11 is 0. The summed E-state index contributed by atoms with van der Waals surface area (Å²) in [6, 6.07) is 15.7. The summed E-state index contributed by atoms with van der Waals surface area (Å²) in [5, 5.41) is 0. The van der Waals surface area contributed by atoms with Crippen LogP contribution in [0.3, 0.4) is 0 Å². The van der Waals surface area contributed by atoms with Crippen LogP contribution in [0.15, 0.2) is 59.5 Å². The van der Waals surface area contributed by atoms with Crippen LogP contribution < -0.4 is 4.74 Å². The molecule has 1 heterocycles. The van der Waals surface area contributed by atoms with Crippen molar-refractivity contribution in [1.29, 1.82) is 0 Å². The number of piperidine rings is 1. The predicted molar refractivity (Wildman–Crippen MR) is 101 cm³/mol. The second-order valence-corrected chi connectivity index (χ2v) is 8.41. The summed E-state index contributed by atoms with van der Waals surface area (Å²) in [6.07, 6.45) is 1.25. The van der Waals surface area contributed by atoms with Crippen LogP contribution in [-0.4, -0.2) is 38.9 Å². The molecule has 1 fully saturated rings. The van der Waals surface area contributed by atoms with Crippen LogP contribution in [0.25, 0.3) is 0 Å². The maximum atomic E-state index is 12.9. The average molecular weight is 389 g/mol. The number of hydrogen-bond donors (Lipinski definition) is 0. The predicted octanol–water partition coefficient (Wildman–Crippen LogP) is 2.84. The fourth-order valence-electron chi connectivity index (χ4n) is 3.10. The highest BCUT2D eigenvalue weighted by Gasteiger charge is 2.34. The second kappa shape index (κ2) is 8.54. The van der Waals surface area contributed by atoms with Crippen molar-refractivity contribution in [3.8, 4) is 5.75 Å². The number of nitrogens with zero attached hydrogens (tertiary/aromatic N) is 1. The van der Waals surface area contributed by atoms with Gasteiger partial charge in [-0.15, -0.1) is 0 Å². The van der Waals surface area contributed by atoms with Gasteiger partial charge in [-0.05, 0) is 42.7 Å². The molecule has 144 valence electrons. The average Bonchev–Trinajstić information content (AvgIpc) is 2.73. The van der Waals surface area contributed by atoms with E-state index in [9.17, 15) is 13.2 Å².